The molecule has 158 valence electrons. The van der Waals surface area contributed by atoms with E-state index in [1.54, 1.807) is 0 Å². The van der Waals surface area contributed by atoms with Crippen LogP contribution in [0.3, 0.4) is 0 Å². The zero-order valence-corrected chi connectivity index (χ0v) is 15.6. The molecule has 0 spiro atoms. The van der Waals surface area contributed by atoms with Crippen molar-refractivity contribution in [3.05, 3.63) is 0 Å². The predicted molar refractivity (Wildman–Crippen MR) is 95.2 cm³/mol. The largest absolute Gasteiger partial charge is 0.390 e. The quantitative estimate of drug-likeness (QED) is 0.234. The number of Topliss-reactive ketones (excluding diaryl/α,β-unsaturated/α-hetero) is 1. The van der Waals surface area contributed by atoms with Gasteiger partial charge < -0.3 is 47.1 Å². The average molecular weight is 391 g/mol. The van der Waals surface area contributed by atoms with E-state index in [4.69, 9.17) is 26.7 Å². The second-order valence-electron chi connectivity index (χ2n) is 7.57. The molecule has 0 aromatic heterocycles. The summed E-state index contributed by atoms with van der Waals surface area (Å²) in [5.74, 6) is -0.445. The summed E-state index contributed by atoms with van der Waals surface area (Å²) in [6.45, 7) is 1.83. The number of ether oxygens (including phenoxy) is 2. The maximum Gasteiger partial charge on any atom is 0.176 e. The van der Waals surface area contributed by atoms with Gasteiger partial charge in [-0.3, -0.25) is 4.79 Å². The molecule has 0 amide bonds. The second-order valence-corrected chi connectivity index (χ2v) is 7.57. The lowest BCUT2D eigenvalue weighted by molar-refractivity contribution is -0.289. The van der Waals surface area contributed by atoms with Crippen LogP contribution in [0.4, 0.5) is 0 Å². The number of aliphatic hydroxyl groups excluding tert-OH is 4. The summed E-state index contributed by atoms with van der Waals surface area (Å²) in [4.78, 5) is 11.9. The molecule has 0 aromatic rings. The molecule has 10 nitrogen and oxygen atoms in total. The molecule has 1 heterocycles. The molecule has 10 heteroatoms. The number of hydrogen-bond donors (Lipinski definition) is 7. The van der Waals surface area contributed by atoms with Gasteiger partial charge in [0.05, 0.1) is 12.1 Å². The van der Waals surface area contributed by atoms with Crippen molar-refractivity contribution < 1.29 is 34.7 Å². The summed E-state index contributed by atoms with van der Waals surface area (Å²) in [6.07, 6.45) is -6.59. The number of ketones is 1. The summed E-state index contributed by atoms with van der Waals surface area (Å²) in [6, 6.07) is -1.75. The fourth-order valence-corrected chi connectivity index (χ4v) is 3.83. The van der Waals surface area contributed by atoms with Crippen LogP contribution in [-0.4, -0.2) is 87.8 Å². The number of hydrogen-bond acceptors (Lipinski definition) is 10. The first-order valence-corrected chi connectivity index (χ1v) is 9.47. The van der Waals surface area contributed by atoms with Crippen molar-refractivity contribution in [3.8, 4) is 0 Å². The highest BCUT2D eigenvalue weighted by atomic mass is 16.7. The molecule has 0 aromatic carbocycles. The molecule has 2 aliphatic rings. The summed E-state index contributed by atoms with van der Waals surface area (Å²) >= 11 is 0. The van der Waals surface area contributed by atoms with Gasteiger partial charge in [0, 0.05) is 25.4 Å². The SMILES string of the molecule is CCCC(=O)CC1CC(N)C(OC2OC(CN)C(O)C(O)C2N)C(O)C1O. The molecule has 10 unspecified atom stereocenters. The van der Waals surface area contributed by atoms with Gasteiger partial charge in [-0.25, -0.2) is 0 Å². The van der Waals surface area contributed by atoms with Gasteiger partial charge in [-0.1, -0.05) is 6.92 Å². The molecular formula is C17H33N3O7. The van der Waals surface area contributed by atoms with Crippen LogP contribution >= 0.6 is 0 Å². The van der Waals surface area contributed by atoms with E-state index in [1.165, 1.54) is 0 Å². The monoisotopic (exact) mass is 391 g/mol. The molecule has 10 N–H and O–H groups in total. The normalized spacial score (nSPS) is 45.6. The van der Waals surface area contributed by atoms with Gasteiger partial charge in [-0.15, -0.1) is 0 Å². The highest BCUT2D eigenvalue weighted by Gasteiger charge is 2.48. The lowest BCUT2D eigenvalue weighted by atomic mass is 9.77. The number of carbonyl (C=O) groups excluding carboxylic acids is 1. The molecule has 1 aliphatic carbocycles. The molecule has 0 radical (unpaired) electrons. The van der Waals surface area contributed by atoms with Crippen molar-refractivity contribution in [1.82, 2.24) is 0 Å². The molecule has 0 bridgehead atoms. The average Bonchev–Trinajstić information content (AvgIpc) is 2.63. The molecule has 1 saturated heterocycles. The van der Waals surface area contributed by atoms with Crippen LogP contribution in [0.2, 0.25) is 0 Å². The summed E-state index contributed by atoms with van der Waals surface area (Å²) in [5.41, 5.74) is 17.5. The lowest BCUT2D eigenvalue weighted by Crippen LogP contribution is -2.66. The zero-order chi connectivity index (χ0) is 20.3. The van der Waals surface area contributed by atoms with Gasteiger partial charge >= 0.3 is 0 Å². The van der Waals surface area contributed by atoms with E-state index < -0.39 is 60.9 Å². The van der Waals surface area contributed by atoms with Crippen LogP contribution in [0.25, 0.3) is 0 Å². The van der Waals surface area contributed by atoms with Gasteiger partial charge in [0.25, 0.3) is 0 Å². The van der Waals surface area contributed by atoms with Gasteiger partial charge in [0.2, 0.25) is 0 Å². The minimum Gasteiger partial charge on any atom is -0.390 e. The fourth-order valence-electron chi connectivity index (χ4n) is 3.83. The minimum absolute atomic E-state index is 0.0147. The smallest absolute Gasteiger partial charge is 0.176 e. The predicted octanol–water partition coefficient (Wildman–Crippen LogP) is -3.07. The third kappa shape index (κ3) is 5.03. The van der Waals surface area contributed by atoms with Gasteiger partial charge in [-0.05, 0) is 18.8 Å². The third-order valence-electron chi connectivity index (χ3n) is 5.46. The summed E-state index contributed by atoms with van der Waals surface area (Å²) < 4.78 is 11.2. The fraction of sp³-hybridized carbons (Fsp3) is 0.941. The molecule has 2 fully saturated rings. The Labute approximate surface area is 158 Å². The van der Waals surface area contributed by atoms with Crippen molar-refractivity contribution in [3.63, 3.8) is 0 Å². The van der Waals surface area contributed by atoms with E-state index >= 15 is 0 Å². The Morgan fingerprint density at radius 1 is 1.11 bits per heavy atom. The van der Waals surface area contributed by atoms with Crippen LogP contribution in [0.5, 0.6) is 0 Å². The Bertz CT molecular complexity index is 495. The Morgan fingerprint density at radius 3 is 2.37 bits per heavy atom. The zero-order valence-electron chi connectivity index (χ0n) is 15.6. The molecule has 1 aliphatic heterocycles. The summed E-state index contributed by atoms with van der Waals surface area (Å²) in [7, 11) is 0. The van der Waals surface area contributed by atoms with E-state index in [0.29, 0.717) is 6.42 Å². The molecule has 1 saturated carbocycles. The van der Waals surface area contributed by atoms with Crippen LogP contribution in [0.1, 0.15) is 32.6 Å². The summed E-state index contributed by atoms with van der Waals surface area (Å²) in [5, 5.41) is 40.8. The van der Waals surface area contributed by atoms with Crippen LogP contribution in [-0.2, 0) is 14.3 Å². The maximum atomic E-state index is 11.9. The first-order chi connectivity index (χ1) is 12.7. The lowest BCUT2D eigenvalue weighted by Gasteiger charge is -2.46. The van der Waals surface area contributed by atoms with Crippen molar-refractivity contribution >= 4 is 5.78 Å². The van der Waals surface area contributed by atoms with E-state index in [-0.39, 0.29) is 25.2 Å². The van der Waals surface area contributed by atoms with Crippen molar-refractivity contribution in [2.75, 3.05) is 6.54 Å². The number of aliphatic hydroxyl groups is 4. The molecule has 2 rings (SSSR count). The van der Waals surface area contributed by atoms with E-state index in [2.05, 4.69) is 0 Å². The Hall–Kier alpha value is -0.690. The second kappa shape index (κ2) is 9.68. The minimum atomic E-state index is -1.34. The van der Waals surface area contributed by atoms with Gasteiger partial charge in [0.15, 0.2) is 6.29 Å². The Kier molecular flexibility index (Phi) is 8.10. The van der Waals surface area contributed by atoms with Gasteiger partial charge in [-0.2, -0.15) is 0 Å². The van der Waals surface area contributed by atoms with Crippen molar-refractivity contribution in [2.24, 2.45) is 23.1 Å². The highest BCUT2D eigenvalue weighted by Crippen LogP contribution is 2.32. The molecule has 10 atom stereocenters. The van der Waals surface area contributed by atoms with Crippen LogP contribution in [0.15, 0.2) is 0 Å². The van der Waals surface area contributed by atoms with Gasteiger partial charge in [0.1, 0.15) is 36.3 Å². The van der Waals surface area contributed by atoms with Crippen molar-refractivity contribution in [1.29, 1.82) is 0 Å². The third-order valence-corrected chi connectivity index (χ3v) is 5.46. The topological polar surface area (TPSA) is 195 Å². The van der Waals surface area contributed by atoms with Crippen LogP contribution < -0.4 is 17.2 Å². The number of carbonyl (C=O) groups is 1. The first-order valence-electron chi connectivity index (χ1n) is 9.47. The van der Waals surface area contributed by atoms with E-state index in [0.717, 1.165) is 6.42 Å². The van der Waals surface area contributed by atoms with Crippen LogP contribution in [0, 0.1) is 5.92 Å². The Morgan fingerprint density at radius 2 is 1.78 bits per heavy atom. The molecular weight excluding hydrogens is 358 g/mol. The van der Waals surface area contributed by atoms with E-state index in [9.17, 15) is 25.2 Å². The molecule has 27 heavy (non-hydrogen) atoms. The van der Waals surface area contributed by atoms with Crippen molar-refractivity contribution in [2.45, 2.75) is 87.6 Å². The number of nitrogens with two attached hydrogens (primary N) is 3. The first kappa shape index (κ1) is 22.6. The standard InChI is InChI=1S/C17H33N3O7/c1-2-3-8(21)4-7-5-9(19)16(15(25)12(7)22)27-17-11(20)14(24)13(23)10(6-18)26-17/h7,9-17,22-25H,2-6,18-20H2,1H3. The number of rotatable bonds is 7. The Balaban J connectivity index is 2.03. The van der Waals surface area contributed by atoms with E-state index in [1.807, 2.05) is 6.92 Å². The maximum absolute atomic E-state index is 11.9. The highest BCUT2D eigenvalue weighted by molar-refractivity contribution is 5.78.